The quantitative estimate of drug-likeness (QED) is 0.0512. The molecule has 1 aromatic heterocycles. The van der Waals surface area contributed by atoms with Crippen molar-refractivity contribution in [3.05, 3.63) is 160 Å². The summed E-state index contributed by atoms with van der Waals surface area (Å²) < 4.78 is 5.78. The molecule has 332 valence electrons. The molecule has 0 aliphatic carbocycles. The van der Waals surface area contributed by atoms with Crippen LogP contribution in [0.4, 0.5) is 16.2 Å². The molecule has 13 heteroatoms. The third kappa shape index (κ3) is 12.4. The predicted octanol–water partition coefficient (Wildman–Crippen LogP) is 6.73. The van der Waals surface area contributed by atoms with Crippen LogP contribution in [-0.4, -0.2) is 90.4 Å². The SMILES string of the molecule is CN(C(=O)CCN1CCC(OC(=O)Nc2ccccc2-c2ccccc2)CC1)c1ccc(CC(=O)NCCc2cccc(CCNC[C@H](O)c3ccc(O)c4[nH]c(=O)ccc34)c2)cc1. The van der Waals surface area contributed by atoms with Gasteiger partial charge in [-0.15, -0.1) is 0 Å². The van der Waals surface area contributed by atoms with E-state index in [1.54, 1.807) is 24.1 Å². The first kappa shape index (κ1) is 45.2. The number of nitrogens with one attached hydrogen (secondary N) is 4. The van der Waals surface area contributed by atoms with Gasteiger partial charge in [0.05, 0.1) is 23.7 Å². The molecule has 5 aromatic carbocycles. The van der Waals surface area contributed by atoms with Gasteiger partial charge in [0.2, 0.25) is 17.4 Å². The molecule has 7 rings (SSSR count). The van der Waals surface area contributed by atoms with Crippen LogP contribution in [0.15, 0.2) is 132 Å². The lowest BCUT2D eigenvalue weighted by molar-refractivity contribution is -0.120. The van der Waals surface area contributed by atoms with Crippen molar-refractivity contribution < 1.29 is 29.3 Å². The summed E-state index contributed by atoms with van der Waals surface area (Å²) in [5, 5.41) is 30.8. The summed E-state index contributed by atoms with van der Waals surface area (Å²) in [5.74, 6) is -0.122. The van der Waals surface area contributed by atoms with Crippen LogP contribution in [0.25, 0.3) is 22.0 Å². The number of fused-ring (bicyclic) bond motifs is 1. The zero-order chi connectivity index (χ0) is 44.8. The second kappa shape index (κ2) is 22.0. The van der Waals surface area contributed by atoms with Crippen molar-refractivity contribution in [1.29, 1.82) is 0 Å². The summed E-state index contributed by atoms with van der Waals surface area (Å²) in [6.45, 7) is 3.52. The zero-order valence-corrected chi connectivity index (χ0v) is 36.1. The molecule has 1 aliphatic heterocycles. The van der Waals surface area contributed by atoms with E-state index in [-0.39, 0.29) is 35.6 Å². The van der Waals surface area contributed by atoms with Crippen LogP contribution in [0.2, 0.25) is 0 Å². The molecule has 1 atom stereocenters. The summed E-state index contributed by atoms with van der Waals surface area (Å²) >= 11 is 0. The van der Waals surface area contributed by atoms with Crippen molar-refractivity contribution in [1.82, 2.24) is 20.5 Å². The summed E-state index contributed by atoms with van der Waals surface area (Å²) in [7, 11) is 1.77. The van der Waals surface area contributed by atoms with Crippen LogP contribution in [0.1, 0.15) is 47.6 Å². The number of rotatable bonds is 18. The van der Waals surface area contributed by atoms with Gasteiger partial charge in [0, 0.05) is 68.9 Å². The number of aliphatic hydroxyl groups is 1. The number of H-pyrrole nitrogens is 1. The Morgan fingerprint density at radius 3 is 2.31 bits per heavy atom. The number of aromatic amines is 1. The van der Waals surface area contributed by atoms with E-state index < -0.39 is 12.2 Å². The van der Waals surface area contributed by atoms with E-state index in [9.17, 15) is 29.4 Å². The number of phenolic OH excluding ortho intramolecular Hbond substituents is 1. The minimum absolute atomic E-state index is 0.000658. The number of nitrogens with zero attached hydrogens (tertiary/aromatic N) is 2. The summed E-state index contributed by atoms with van der Waals surface area (Å²) in [6.07, 6.45) is 1.93. The number of amides is 3. The predicted molar refractivity (Wildman–Crippen MR) is 251 cm³/mol. The monoisotopic (exact) mass is 864 g/mol. The van der Waals surface area contributed by atoms with E-state index >= 15 is 0 Å². The minimum Gasteiger partial charge on any atom is -0.506 e. The van der Waals surface area contributed by atoms with Crippen LogP contribution in [-0.2, 0) is 33.6 Å². The molecule has 1 saturated heterocycles. The van der Waals surface area contributed by atoms with Crippen molar-refractivity contribution in [3.8, 4) is 16.9 Å². The molecule has 13 nitrogen and oxygen atoms in total. The molecule has 0 spiro atoms. The molecule has 0 bridgehead atoms. The molecule has 6 N–H and O–H groups in total. The maximum Gasteiger partial charge on any atom is 0.411 e. The second-order valence-corrected chi connectivity index (χ2v) is 16.2. The molecular weight excluding hydrogens is 809 g/mol. The van der Waals surface area contributed by atoms with E-state index in [1.165, 1.54) is 12.1 Å². The Balaban J connectivity index is 0.765. The highest BCUT2D eigenvalue weighted by molar-refractivity contribution is 5.93. The lowest BCUT2D eigenvalue weighted by Gasteiger charge is -2.31. The average Bonchev–Trinajstić information content (AvgIpc) is 3.31. The number of hydrogen-bond donors (Lipinski definition) is 6. The molecule has 0 unspecified atom stereocenters. The van der Waals surface area contributed by atoms with Crippen molar-refractivity contribution in [2.45, 2.75) is 50.7 Å². The maximum atomic E-state index is 13.1. The summed E-state index contributed by atoms with van der Waals surface area (Å²) in [5.41, 5.74) is 7.11. The fourth-order valence-electron chi connectivity index (χ4n) is 8.07. The normalized spacial score (nSPS) is 13.6. The van der Waals surface area contributed by atoms with E-state index in [4.69, 9.17) is 4.74 Å². The first-order valence-corrected chi connectivity index (χ1v) is 21.9. The average molecular weight is 865 g/mol. The van der Waals surface area contributed by atoms with Gasteiger partial charge in [-0.2, -0.15) is 0 Å². The van der Waals surface area contributed by atoms with Gasteiger partial charge < -0.3 is 40.4 Å². The number of anilines is 2. The minimum atomic E-state index is -0.828. The maximum absolute atomic E-state index is 13.1. The molecule has 0 radical (unpaired) electrons. The smallest absolute Gasteiger partial charge is 0.411 e. The van der Waals surface area contributed by atoms with Gasteiger partial charge in [-0.25, -0.2) is 4.79 Å². The van der Waals surface area contributed by atoms with E-state index in [0.29, 0.717) is 74.0 Å². The van der Waals surface area contributed by atoms with Crippen molar-refractivity contribution >= 4 is 40.2 Å². The number of carbonyl (C=O) groups excluding carboxylic acids is 3. The number of likely N-dealkylation sites (tertiary alicyclic amines) is 1. The molecule has 1 aliphatic rings. The van der Waals surface area contributed by atoms with Crippen LogP contribution < -0.4 is 26.4 Å². The van der Waals surface area contributed by atoms with E-state index in [1.807, 2.05) is 91.0 Å². The number of phenols is 1. The van der Waals surface area contributed by atoms with Gasteiger partial charge >= 0.3 is 6.09 Å². The fourth-order valence-corrected chi connectivity index (χ4v) is 8.07. The van der Waals surface area contributed by atoms with Gasteiger partial charge in [0.1, 0.15) is 11.9 Å². The third-order valence-electron chi connectivity index (χ3n) is 11.7. The Hall–Kier alpha value is -6.80. The number of ether oxygens (including phenoxy) is 1. The summed E-state index contributed by atoms with van der Waals surface area (Å²) in [4.78, 5) is 57.0. The van der Waals surface area contributed by atoms with Gasteiger partial charge in [-0.1, -0.05) is 91.0 Å². The van der Waals surface area contributed by atoms with Gasteiger partial charge in [-0.05, 0) is 90.4 Å². The third-order valence-corrected chi connectivity index (χ3v) is 11.7. The van der Waals surface area contributed by atoms with E-state index in [2.05, 4.69) is 38.0 Å². The lowest BCUT2D eigenvalue weighted by atomic mass is 10.0. The van der Waals surface area contributed by atoms with Crippen LogP contribution in [0, 0.1) is 0 Å². The Kier molecular flexibility index (Phi) is 15.6. The van der Waals surface area contributed by atoms with E-state index in [0.717, 1.165) is 53.0 Å². The van der Waals surface area contributed by atoms with Crippen LogP contribution in [0.5, 0.6) is 5.75 Å². The first-order valence-electron chi connectivity index (χ1n) is 21.9. The molecule has 6 aromatic rings. The largest absolute Gasteiger partial charge is 0.506 e. The van der Waals surface area contributed by atoms with Crippen molar-refractivity contribution in [2.75, 3.05) is 56.5 Å². The lowest BCUT2D eigenvalue weighted by Crippen LogP contribution is -2.40. The molecule has 2 heterocycles. The molecule has 1 fully saturated rings. The van der Waals surface area contributed by atoms with Gasteiger partial charge in [0.15, 0.2) is 0 Å². The number of carbonyl (C=O) groups is 3. The number of para-hydroxylation sites is 1. The van der Waals surface area contributed by atoms with Gasteiger partial charge in [0.25, 0.3) is 0 Å². The zero-order valence-electron chi connectivity index (χ0n) is 36.1. The van der Waals surface area contributed by atoms with Gasteiger partial charge in [-0.3, -0.25) is 19.7 Å². The van der Waals surface area contributed by atoms with Crippen molar-refractivity contribution in [3.63, 3.8) is 0 Å². The number of aliphatic hydroxyl groups excluding tert-OH is 1. The second-order valence-electron chi connectivity index (χ2n) is 16.2. The Morgan fingerprint density at radius 2 is 1.55 bits per heavy atom. The number of hydrogen-bond acceptors (Lipinski definition) is 9. The Labute approximate surface area is 373 Å². The molecule has 3 amide bonds. The molecular formula is C51H56N6O7. The van der Waals surface area contributed by atoms with Crippen LogP contribution in [0.3, 0.4) is 0 Å². The Morgan fingerprint density at radius 1 is 0.828 bits per heavy atom. The Bertz CT molecular complexity index is 2570. The van der Waals surface area contributed by atoms with Crippen molar-refractivity contribution in [2.24, 2.45) is 0 Å². The topological polar surface area (TPSA) is 176 Å². The standard InChI is InChI=1S/C51H56N6O7/c1-56(49(62)26-31-57-29-24-40(25-30-57)64-51(63)54-44-13-6-5-12-41(44)38-10-3-2-4-11-38)39-16-14-37(15-17-39)33-48(61)53-28-23-36-9-7-8-35(32-36)22-27-52-34-46(59)42-18-20-45(58)50-43(42)19-21-47(60)55-50/h2-21,32,40,46,52,58-59H,22-31,33-34H2,1H3,(H,53,61)(H,54,63)(H,55,60)/t46-/m0/s1. The summed E-state index contributed by atoms with van der Waals surface area (Å²) in [6, 6.07) is 39.4. The number of benzene rings is 5. The van der Waals surface area contributed by atoms with Crippen LogP contribution >= 0.6 is 0 Å². The first-order chi connectivity index (χ1) is 31.1. The number of aromatic hydroxyl groups is 1. The fraction of sp³-hybridized carbons (Fsp3) is 0.294. The molecule has 0 saturated carbocycles. The highest BCUT2D eigenvalue weighted by atomic mass is 16.6. The number of piperidine rings is 1. The molecule has 64 heavy (non-hydrogen) atoms. The highest BCUT2D eigenvalue weighted by Gasteiger charge is 2.24. The highest BCUT2D eigenvalue weighted by Crippen LogP contribution is 2.30. The number of aromatic nitrogens is 1. The number of pyridine rings is 1.